The Kier molecular flexibility index (Phi) is 5.76. The number of nitrogens with one attached hydrogen (secondary N) is 1. The lowest BCUT2D eigenvalue weighted by Gasteiger charge is -2.29. The van der Waals surface area contributed by atoms with E-state index in [9.17, 15) is 13.2 Å². The molecule has 0 aliphatic carbocycles. The zero-order valence-corrected chi connectivity index (χ0v) is 19.1. The van der Waals surface area contributed by atoms with E-state index in [1.54, 1.807) is 30.5 Å². The third-order valence-electron chi connectivity index (χ3n) is 6.23. The van der Waals surface area contributed by atoms with E-state index in [1.165, 1.54) is 15.4 Å². The maximum absolute atomic E-state index is 12.5. The molecule has 1 fully saturated rings. The second kappa shape index (κ2) is 8.86. The van der Waals surface area contributed by atoms with E-state index >= 15 is 0 Å². The summed E-state index contributed by atoms with van der Waals surface area (Å²) in [5.41, 5.74) is 4.76. The molecule has 1 N–H and O–H groups in total. The van der Waals surface area contributed by atoms with Gasteiger partial charge >= 0.3 is 0 Å². The summed E-state index contributed by atoms with van der Waals surface area (Å²) < 4.78 is 25.5. The first-order valence-electron chi connectivity index (χ1n) is 11.1. The quantitative estimate of drug-likeness (QED) is 0.630. The molecule has 0 unspecified atom stereocenters. The lowest BCUT2D eigenvalue weighted by Crippen LogP contribution is -2.31. The topological polar surface area (TPSA) is 82.6 Å². The number of rotatable bonds is 5. The van der Waals surface area contributed by atoms with Crippen LogP contribution >= 0.6 is 0 Å². The summed E-state index contributed by atoms with van der Waals surface area (Å²) >= 11 is 0. The molecule has 5 rings (SSSR count). The largest absolute Gasteiger partial charge is 0.352 e. The first kappa shape index (κ1) is 21.5. The van der Waals surface area contributed by atoms with E-state index < -0.39 is 10.0 Å². The summed E-state index contributed by atoms with van der Waals surface area (Å²) in [6.07, 6.45) is 3.44. The summed E-state index contributed by atoms with van der Waals surface area (Å²) in [5.74, 6) is 0.905. The fraction of sp³-hybridized carbons (Fsp3) is 0.280. The lowest BCUT2D eigenvalue weighted by molar-refractivity contribution is 0.0951. The Balaban J connectivity index is 1.17. The van der Waals surface area contributed by atoms with Crippen LogP contribution in [0.25, 0.3) is 0 Å². The summed E-state index contributed by atoms with van der Waals surface area (Å²) in [6, 6.07) is 19.2. The van der Waals surface area contributed by atoms with Crippen molar-refractivity contribution in [2.24, 2.45) is 0 Å². The van der Waals surface area contributed by atoms with E-state index in [0.29, 0.717) is 30.8 Å². The van der Waals surface area contributed by atoms with Crippen molar-refractivity contribution in [3.63, 3.8) is 0 Å². The maximum Gasteiger partial charge on any atom is 0.251 e. The Morgan fingerprint density at radius 2 is 1.76 bits per heavy atom. The first-order chi connectivity index (χ1) is 16.0. The van der Waals surface area contributed by atoms with Crippen LogP contribution in [0, 0.1) is 0 Å². The van der Waals surface area contributed by atoms with Crippen LogP contribution in [0.1, 0.15) is 33.5 Å². The highest BCUT2D eigenvalue weighted by atomic mass is 32.2. The minimum Gasteiger partial charge on any atom is -0.352 e. The molecule has 0 bridgehead atoms. The van der Waals surface area contributed by atoms with Crippen molar-refractivity contribution < 1.29 is 13.2 Å². The average molecular weight is 463 g/mol. The Bertz CT molecular complexity index is 1260. The number of carbonyl (C=O) groups excluding carboxylic acids is 1. The van der Waals surface area contributed by atoms with Crippen molar-refractivity contribution in [1.82, 2.24) is 10.3 Å². The van der Waals surface area contributed by atoms with E-state index in [1.807, 2.05) is 12.1 Å². The van der Waals surface area contributed by atoms with Gasteiger partial charge in [-0.1, -0.05) is 30.3 Å². The molecule has 2 aromatic carbocycles. The Morgan fingerprint density at radius 3 is 2.45 bits per heavy atom. The number of anilines is 2. The molecular formula is C25H26N4O3S. The van der Waals surface area contributed by atoms with Crippen LogP contribution in [-0.4, -0.2) is 38.2 Å². The van der Waals surface area contributed by atoms with E-state index in [4.69, 9.17) is 0 Å². The molecule has 0 saturated carbocycles. The van der Waals surface area contributed by atoms with Crippen LogP contribution in [0.4, 0.5) is 11.5 Å². The van der Waals surface area contributed by atoms with Crippen LogP contribution in [0.15, 0.2) is 66.9 Å². The lowest BCUT2D eigenvalue weighted by atomic mass is 10.00. The number of pyridine rings is 1. The number of aromatic nitrogens is 1. The Labute approximate surface area is 194 Å². The Morgan fingerprint density at radius 1 is 0.970 bits per heavy atom. The fourth-order valence-corrected chi connectivity index (χ4v) is 5.96. The summed E-state index contributed by atoms with van der Waals surface area (Å²) in [4.78, 5) is 19.4. The third-order valence-corrected chi connectivity index (χ3v) is 8.10. The normalized spacial score (nSPS) is 17.0. The van der Waals surface area contributed by atoms with Gasteiger partial charge in [-0.3, -0.25) is 9.10 Å². The highest BCUT2D eigenvalue weighted by molar-refractivity contribution is 7.93. The van der Waals surface area contributed by atoms with Crippen LogP contribution in [-0.2, 0) is 29.5 Å². The van der Waals surface area contributed by atoms with Crippen LogP contribution in [0.5, 0.6) is 0 Å². The zero-order chi connectivity index (χ0) is 22.8. The van der Waals surface area contributed by atoms with Gasteiger partial charge in [-0.2, -0.15) is 0 Å². The van der Waals surface area contributed by atoms with Gasteiger partial charge in [-0.15, -0.1) is 0 Å². The summed E-state index contributed by atoms with van der Waals surface area (Å²) in [7, 11) is -3.22. The van der Waals surface area contributed by atoms with Gasteiger partial charge in [-0.05, 0) is 59.9 Å². The first-order valence-corrected chi connectivity index (χ1v) is 12.8. The third kappa shape index (κ3) is 4.57. The van der Waals surface area contributed by atoms with Crippen LogP contribution in [0.2, 0.25) is 0 Å². The number of nitrogens with zero attached hydrogens (tertiary/aromatic N) is 3. The van der Waals surface area contributed by atoms with E-state index in [2.05, 4.69) is 39.5 Å². The van der Waals surface area contributed by atoms with Crippen LogP contribution < -0.4 is 14.5 Å². The molecule has 0 spiro atoms. The van der Waals surface area contributed by atoms with Gasteiger partial charge in [0.15, 0.2) is 0 Å². The molecule has 1 amide bonds. The number of sulfonamides is 1. The molecule has 7 nitrogen and oxygen atoms in total. The van der Waals surface area contributed by atoms with Gasteiger partial charge in [0.05, 0.1) is 11.4 Å². The summed E-state index contributed by atoms with van der Waals surface area (Å²) in [6.45, 7) is 2.65. The number of hydrogen-bond donors (Lipinski definition) is 1. The molecule has 8 heteroatoms. The van der Waals surface area contributed by atoms with Gasteiger partial charge in [0.1, 0.15) is 5.82 Å². The van der Waals surface area contributed by atoms with Crippen molar-refractivity contribution in [3.05, 3.63) is 89.1 Å². The fourth-order valence-electron chi connectivity index (χ4n) is 4.39. The van der Waals surface area contributed by atoms with Crippen molar-refractivity contribution in [2.75, 3.05) is 28.0 Å². The average Bonchev–Trinajstić information content (AvgIpc) is 3.21. The molecule has 2 aliphatic heterocycles. The van der Waals surface area contributed by atoms with Crippen molar-refractivity contribution in [2.45, 2.75) is 25.9 Å². The molecule has 1 saturated heterocycles. The number of fused-ring (bicyclic) bond motifs is 1. The molecule has 33 heavy (non-hydrogen) atoms. The molecule has 170 valence electrons. The maximum atomic E-state index is 12.5. The highest BCUT2D eigenvalue weighted by Gasteiger charge is 2.28. The van der Waals surface area contributed by atoms with Gasteiger partial charge in [0, 0.05) is 37.9 Å². The van der Waals surface area contributed by atoms with Crippen LogP contribution in [0.3, 0.4) is 0 Å². The number of carbonyl (C=O) groups is 1. The number of amides is 1. The number of benzene rings is 2. The van der Waals surface area contributed by atoms with Gasteiger partial charge in [0.25, 0.3) is 5.91 Å². The number of hydrogen-bond acceptors (Lipinski definition) is 5. The molecule has 2 aliphatic rings. The molecule has 3 aromatic rings. The second-order valence-electron chi connectivity index (χ2n) is 8.44. The minimum atomic E-state index is -3.22. The molecule has 3 heterocycles. The molecule has 1 aromatic heterocycles. The van der Waals surface area contributed by atoms with Gasteiger partial charge in [-0.25, -0.2) is 13.4 Å². The van der Waals surface area contributed by atoms with E-state index in [-0.39, 0.29) is 11.7 Å². The predicted octanol–water partition coefficient (Wildman–Crippen LogP) is 3.11. The second-order valence-corrected chi connectivity index (χ2v) is 10.4. The monoisotopic (exact) mass is 462 g/mol. The standard InChI is InChI=1S/C25H26N4O3S/c30-25(21-7-9-23(10-8-21)29-13-3-15-33(29,31)32)27-17-19-6-11-24(26-16-19)28-14-12-20-4-1-2-5-22(20)18-28/h1-2,4-11,16H,3,12-15,17-18H2,(H,27,30). The molecular weight excluding hydrogens is 436 g/mol. The molecule has 0 radical (unpaired) electrons. The van der Waals surface area contributed by atoms with Gasteiger partial charge < -0.3 is 10.2 Å². The van der Waals surface area contributed by atoms with Crippen molar-refractivity contribution >= 4 is 27.4 Å². The Hall–Kier alpha value is -3.39. The van der Waals surface area contributed by atoms with Crippen molar-refractivity contribution in [3.8, 4) is 0 Å². The SMILES string of the molecule is O=C(NCc1ccc(N2CCc3ccccc3C2)nc1)c1ccc(N2CCCS2(=O)=O)cc1. The summed E-state index contributed by atoms with van der Waals surface area (Å²) in [5, 5.41) is 2.91. The molecule has 0 atom stereocenters. The van der Waals surface area contributed by atoms with Crippen molar-refractivity contribution in [1.29, 1.82) is 0 Å². The van der Waals surface area contributed by atoms with E-state index in [0.717, 1.165) is 30.9 Å². The zero-order valence-electron chi connectivity index (χ0n) is 18.3. The smallest absolute Gasteiger partial charge is 0.251 e. The predicted molar refractivity (Wildman–Crippen MR) is 129 cm³/mol. The highest BCUT2D eigenvalue weighted by Crippen LogP contribution is 2.25. The minimum absolute atomic E-state index is 0.174. The van der Waals surface area contributed by atoms with Gasteiger partial charge in [0.2, 0.25) is 10.0 Å².